The fourth-order valence-electron chi connectivity index (χ4n) is 3.06. The van der Waals surface area contributed by atoms with E-state index in [-0.39, 0.29) is 5.75 Å². The standard InChI is InChI=1S/C21H18F3N5O/c1-28(12-10-16-6-2-3-11-25-16)20-9-8-19-26-14-18(29(19)27-20)15-5-4-7-17(13-15)30-21(22,23)24/h2-9,11,13-14H,10,12H2,1H3. The molecule has 0 aliphatic carbocycles. The SMILES string of the molecule is CN(CCc1ccccn1)c1ccc2ncc(-c3cccc(OC(F)(F)F)c3)n2n1. The van der Waals surface area contributed by atoms with Crippen LogP contribution in [0.15, 0.2) is 67.0 Å². The van der Waals surface area contributed by atoms with Gasteiger partial charge in [-0.05, 0) is 36.4 Å². The highest BCUT2D eigenvalue weighted by Crippen LogP contribution is 2.28. The number of hydrogen-bond donors (Lipinski definition) is 0. The van der Waals surface area contributed by atoms with E-state index in [1.54, 1.807) is 23.0 Å². The second-order valence-corrected chi connectivity index (χ2v) is 6.67. The number of anilines is 1. The lowest BCUT2D eigenvalue weighted by Crippen LogP contribution is -2.22. The first-order chi connectivity index (χ1) is 14.4. The molecule has 3 aromatic heterocycles. The minimum absolute atomic E-state index is 0.293. The van der Waals surface area contributed by atoms with Crippen molar-refractivity contribution in [2.24, 2.45) is 0 Å². The number of hydrogen-bond acceptors (Lipinski definition) is 5. The maximum Gasteiger partial charge on any atom is 0.573 e. The van der Waals surface area contributed by atoms with Crippen molar-refractivity contribution < 1.29 is 17.9 Å². The number of benzene rings is 1. The highest BCUT2D eigenvalue weighted by atomic mass is 19.4. The molecule has 0 radical (unpaired) electrons. The van der Waals surface area contributed by atoms with Gasteiger partial charge in [0.25, 0.3) is 0 Å². The van der Waals surface area contributed by atoms with Crippen molar-refractivity contribution in [1.82, 2.24) is 19.6 Å². The lowest BCUT2D eigenvalue weighted by molar-refractivity contribution is -0.274. The molecule has 0 bridgehead atoms. The second kappa shape index (κ2) is 8.02. The van der Waals surface area contributed by atoms with E-state index in [2.05, 4.69) is 19.8 Å². The van der Waals surface area contributed by atoms with Crippen LogP contribution < -0.4 is 9.64 Å². The third-order valence-electron chi connectivity index (χ3n) is 4.53. The van der Waals surface area contributed by atoms with Crippen molar-refractivity contribution in [2.45, 2.75) is 12.8 Å². The van der Waals surface area contributed by atoms with Gasteiger partial charge in [0.05, 0.1) is 11.9 Å². The number of halogens is 3. The number of rotatable bonds is 6. The van der Waals surface area contributed by atoms with Crippen LogP contribution in [0.25, 0.3) is 16.9 Å². The summed E-state index contributed by atoms with van der Waals surface area (Å²) >= 11 is 0. The quantitative estimate of drug-likeness (QED) is 0.470. The molecular formula is C21H18F3N5O. The molecule has 6 nitrogen and oxygen atoms in total. The summed E-state index contributed by atoms with van der Waals surface area (Å²) < 4.78 is 43.3. The molecule has 4 rings (SSSR count). The first-order valence-corrected chi connectivity index (χ1v) is 9.21. The van der Waals surface area contributed by atoms with E-state index in [4.69, 9.17) is 0 Å². The number of likely N-dealkylation sites (N-methyl/N-ethyl adjacent to an activating group) is 1. The van der Waals surface area contributed by atoms with Crippen LogP contribution in [-0.2, 0) is 6.42 Å². The van der Waals surface area contributed by atoms with Crippen molar-refractivity contribution >= 4 is 11.5 Å². The average Bonchev–Trinajstić information content (AvgIpc) is 3.15. The van der Waals surface area contributed by atoms with E-state index >= 15 is 0 Å². The maximum atomic E-state index is 12.5. The molecule has 0 unspecified atom stereocenters. The number of nitrogens with zero attached hydrogens (tertiary/aromatic N) is 5. The molecule has 0 saturated heterocycles. The number of pyridine rings is 1. The Balaban J connectivity index is 1.59. The topological polar surface area (TPSA) is 55.5 Å². The lowest BCUT2D eigenvalue weighted by atomic mass is 10.1. The fourth-order valence-corrected chi connectivity index (χ4v) is 3.06. The summed E-state index contributed by atoms with van der Waals surface area (Å²) in [5.41, 5.74) is 2.66. The highest BCUT2D eigenvalue weighted by Gasteiger charge is 2.31. The molecule has 0 fully saturated rings. The number of imidazole rings is 1. The Hall–Kier alpha value is -3.62. The minimum atomic E-state index is -4.75. The zero-order chi connectivity index (χ0) is 21.1. The third kappa shape index (κ3) is 4.51. The van der Waals surface area contributed by atoms with E-state index < -0.39 is 6.36 Å². The molecule has 0 amide bonds. The van der Waals surface area contributed by atoms with Crippen molar-refractivity contribution in [1.29, 1.82) is 0 Å². The molecule has 1 aromatic carbocycles. The normalized spacial score (nSPS) is 11.6. The molecule has 4 aromatic rings. The molecule has 0 aliphatic heterocycles. The monoisotopic (exact) mass is 413 g/mol. The van der Waals surface area contributed by atoms with Gasteiger partial charge in [-0.15, -0.1) is 18.3 Å². The molecule has 0 atom stereocenters. The van der Waals surface area contributed by atoms with Crippen molar-refractivity contribution in [3.05, 3.63) is 72.7 Å². The number of ether oxygens (including phenoxy) is 1. The van der Waals surface area contributed by atoms with Crippen LogP contribution in [0.1, 0.15) is 5.69 Å². The Morgan fingerprint density at radius 1 is 1.03 bits per heavy atom. The van der Waals surface area contributed by atoms with E-state index in [1.165, 1.54) is 18.2 Å². The van der Waals surface area contributed by atoms with Gasteiger partial charge in [0.15, 0.2) is 5.65 Å². The summed E-state index contributed by atoms with van der Waals surface area (Å²) in [6, 6.07) is 15.2. The molecule has 9 heteroatoms. The molecule has 0 spiro atoms. The predicted molar refractivity (Wildman–Crippen MR) is 106 cm³/mol. The van der Waals surface area contributed by atoms with Gasteiger partial charge in [0.2, 0.25) is 0 Å². The van der Waals surface area contributed by atoms with Gasteiger partial charge >= 0.3 is 6.36 Å². The van der Waals surface area contributed by atoms with E-state index in [0.717, 1.165) is 12.1 Å². The lowest BCUT2D eigenvalue weighted by Gasteiger charge is -2.18. The first-order valence-electron chi connectivity index (χ1n) is 9.21. The van der Waals surface area contributed by atoms with Crippen LogP contribution >= 0.6 is 0 Å². The Bertz CT molecular complexity index is 1140. The highest BCUT2D eigenvalue weighted by molar-refractivity contribution is 5.65. The Morgan fingerprint density at radius 3 is 2.67 bits per heavy atom. The Kier molecular flexibility index (Phi) is 5.26. The van der Waals surface area contributed by atoms with Crippen LogP contribution in [0.2, 0.25) is 0 Å². The molecule has 0 saturated carbocycles. The zero-order valence-electron chi connectivity index (χ0n) is 16.0. The summed E-state index contributed by atoms with van der Waals surface area (Å²) in [5.74, 6) is 0.416. The van der Waals surface area contributed by atoms with Crippen LogP contribution in [0.4, 0.5) is 19.0 Å². The smallest absolute Gasteiger partial charge is 0.406 e. The van der Waals surface area contributed by atoms with Gasteiger partial charge in [-0.25, -0.2) is 9.50 Å². The summed E-state index contributed by atoms with van der Waals surface area (Å²) in [6.07, 6.45) is -0.661. The number of fused-ring (bicyclic) bond motifs is 1. The number of alkyl halides is 3. The summed E-state index contributed by atoms with van der Waals surface area (Å²) in [7, 11) is 1.92. The van der Waals surface area contributed by atoms with Gasteiger partial charge < -0.3 is 9.64 Å². The van der Waals surface area contributed by atoms with E-state index in [0.29, 0.717) is 29.3 Å². The second-order valence-electron chi connectivity index (χ2n) is 6.67. The number of aromatic nitrogens is 4. The van der Waals surface area contributed by atoms with Crippen molar-refractivity contribution in [3.8, 4) is 17.0 Å². The third-order valence-corrected chi connectivity index (χ3v) is 4.53. The Morgan fingerprint density at radius 2 is 1.90 bits per heavy atom. The van der Waals surface area contributed by atoms with Gasteiger partial charge in [0.1, 0.15) is 11.6 Å². The largest absolute Gasteiger partial charge is 0.573 e. The van der Waals surface area contributed by atoms with Gasteiger partial charge in [-0.2, -0.15) is 0 Å². The van der Waals surface area contributed by atoms with Crippen LogP contribution in [0.5, 0.6) is 5.75 Å². The zero-order valence-corrected chi connectivity index (χ0v) is 16.0. The fraction of sp³-hybridized carbons (Fsp3) is 0.190. The van der Waals surface area contributed by atoms with Crippen LogP contribution in [0, 0.1) is 0 Å². The molecule has 0 aliphatic rings. The van der Waals surface area contributed by atoms with Crippen LogP contribution in [-0.4, -0.2) is 39.5 Å². The maximum absolute atomic E-state index is 12.5. The van der Waals surface area contributed by atoms with Gasteiger partial charge in [-0.1, -0.05) is 18.2 Å². The Labute approximate surface area is 170 Å². The van der Waals surface area contributed by atoms with Gasteiger partial charge in [0, 0.05) is 37.5 Å². The molecule has 3 heterocycles. The van der Waals surface area contributed by atoms with E-state index in [9.17, 15) is 13.2 Å². The van der Waals surface area contributed by atoms with Gasteiger partial charge in [-0.3, -0.25) is 4.98 Å². The molecule has 154 valence electrons. The first kappa shape index (κ1) is 19.7. The predicted octanol–water partition coefficient (Wildman–Crippen LogP) is 4.37. The minimum Gasteiger partial charge on any atom is -0.406 e. The average molecular weight is 413 g/mol. The molecule has 0 N–H and O–H groups in total. The summed E-state index contributed by atoms with van der Waals surface area (Å²) in [6.45, 7) is 0.703. The summed E-state index contributed by atoms with van der Waals surface area (Å²) in [4.78, 5) is 10.6. The van der Waals surface area contributed by atoms with E-state index in [1.807, 2.05) is 42.3 Å². The van der Waals surface area contributed by atoms with Crippen LogP contribution in [0.3, 0.4) is 0 Å². The molecular weight excluding hydrogens is 395 g/mol. The summed E-state index contributed by atoms with van der Waals surface area (Å²) in [5, 5.41) is 4.62. The van der Waals surface area contributed by atoms with Crippen molar-refractivity contribution in [3.63, 3.8) is 0 Å². The molecule has 30 heavy (non-hydrogen) atoms. The van der Waals surface area contributed by atoms with Crippen molar-refractivity contribution in [2.75, 3.05) is 18.5 Å².